The molecule has 1 aromatic rings. The van der Waals surface area contributed by atoms with E-state index in [-0.39, 0.29) is 11.7 Å². The number of allylic oxidation sites excluding steroid dienone is 1. The van der Waals surface area contributed by atoms with Crippen LogP contribution in [0.3, 0.4) is 0 Å². The third kappa shape index (κ3) is 1.97. The first-order valence-electron chi connectivity index (χ1n) is 7.09. The maximum absolute atomic E-state index is 12.1. The number of carbonyl (C=O) groups is 1. The number of nitrogens with one attached hydrogen (secondary N) is 1. The van der Waals surface area contributed by atoms with Gasteiger partial charge in [-0.1, -0.05) is 27.6 Å². The van der Waals surface area contributed by atoms with E-state index in [0.29, 0.717) is 11.8 Å². The molecule has 3 fully saturated rings. The predicted molar refractivity (Wildman–Crippen MR) is 80.5 cm³/mol. The normalized spacial score (nSPS) is 33.1. The Balaban J connectivity index is 1.43. The van der Waals surface area contributed by atoms with Crippen LogP contribution in [0.5, 0.6) is 0 Å². The number of benzene rings is 1. The Morgan fingerprint density at radius 3 is 2.60 bits per heavy atom. The first-order valence-corrected chi connectivity index (χ1v) is 7.88. The van der Waals surface area contributed by atoms with Gasteiger partial charge >= 0.3 is 6.09 Å². The molecule has 1 aromatic carbocycles. The lowest BCUT2D eigenvalue weighted by molar-refractivity contribution is -0.0695. The molecule has 0 radical (unpaired) electrons. The van der Waals surface area contributed by atoms with Gasteiger partial charge in [0, 0.05) is 16.6 Å². The van der Waals surface area contributed by atoms with Gasteiger partial charge in [0.05, 0.1) is 0 Å². The minimum Gasteiger partial charge on any atom is -0.442 e. The van der Waals surface area contributed by atoms with Crippen molar-refractivity contribution in [3.05, 3.63) is 40.4 Å². The second-order valence-electron chi connectivity index (χ2n) is 6.15. The lowest BCUT2D eigenvalue weighted by atomic mass is 9.52. The number of rotatable bonds is 2. The summed E-state index contributed by atoms with van der Waals surface area (Å²) in [5.74, 6) is 1.37. The average Bonchev–Trinajstić information content (AvgIpc) is 2.41. The monoisotopic (exact) mass is 333 g/mol. The minimum absolute atomic E-state index is 0.241. The Bertz CT molecular complexity index is 579. The molecular formula is C16H16BrNO2. The van der Waals surface area contributed by atoms with Gasteiger partial charge in [0.25, 0.3) is 0 Å². The number of hydrogen-bond acceptors (Lipinski definition) is 2. The lowest BCUT2D eigenvalue weighted by Crippen LogP contribution is -2.53. The highest BCUT2D eigenvalue weighted by Gasteiger charge is 2.55. The molecule has 0 spiro atoms. The van der Waals surface area contributed by atoms with Crippen molar-refractivity contribution in [3.63, 3.8) is 0 Å². The summed E-state index contributed by atoms with van der Waals surface area (Å²) in [7, 11) is 0. The Kier molecular flexibility index (Phi) is 2.71. The zero-order chi connectivity index (χ0) is 13.7. The summed E-state index contributed by atoms with van der Waals surface area (Å²) in [5.41, 5.74) is 2.15. The zero-order valence-electron chi connectivity index (χ0n) is 11.1. The van der Waals surface area contributed by atoms with Crippen molar-refractivity contribution in [1.82, 2.24) is 0 Å². The maximum atomic E-state index is 12.1. The molecule has 0 aromatic heterocycles. The van der Waals surface area contributed by atoms with Crippen molar-refractivity contribution in [1.29, 1.82) is 0 Å². The zero-order valence-corrected chi connectivity index (χ0v) is 12.7. The van der Waals surface area contributed by atoms with E-state index in [4.69, 9.17) is 4.74 Å². The number of ether oxygens (including phenoxy) is 1. The standard InChI is InChI=1S/C16H16BrNO2/c17-12-1-3-13(4-2-12)18-15(19)20-16-6-5-14-10(8-16)7-11(14)9-16/h1-5,10-11H,6-9H2,(H,18,19). The third-order valence-corrected chi connectivity index (χ3v) is 5.39. The van der Waals surface area contributed by atoms with Crippen LogP contribution in [0.1, 0.15) is 25.7 Å². The van der Waals surface area contributed by atoms with Crippen molar-refractivity contribution in [2.24, 2.45) is 11.8 Å². The Morgan fingerprint density at radius 1 is 1.25 bits per heavy atom. The Hall–Kier alpha value is -1.29. The van der Waals surface area contributed by atoms with Gasteiger partial charge in [0.15, 0.2) is 0 Å². The summed E-state index contributed by atoms with van der Waals surface area (Å²) in [5, 5.41) is 2.82. The fourth-order valence-corrected chi connectivity index (χ4v) is 4.24. The van der Waals surface area contributed by atoms with E-state index in [2.05, 4.69) is 27.3 Å². The van der Waals surface area contributed by atoms with Crippen LogP contribution in [0.25, 0.3) is 0 Å². The summed E-state index contributed by atoms with van der Waals surface area (Å²) in [6.45, 7) is 0. The Morgan fingerprint density at radius 2 is 1.95 bits per heavy atom. The second-order valence-corrected chi connectivity index (χ2v) is 7.07. The van der Waals surface area contributed by atoms with Gasteiger partial charge in [-0.3, -0.25) is 5.32 Å². The van der Waals surface area contributed by atoms with Gasteiger partial charge in [-0.05, 0) is 55.4 Å². The van der Waals surface area contributed by atoms with E-state index in [0.717, 1.165) is 29.4 Å². The van der Waals surface area contributed by atoms with Crippen molar-refractivity contribution < 1.29 is 9.53 Å². The first-order chi connectivity index (χ1) is 9.63. The van der Waals surface area contributed by atoms with Crippen LogP contribution >= 0.6 is 15.9 Å². The fraction of sp³-hybridized carbons (Fsp3) is 0.438. The highest BCUT2D eigenvalue weighted by atomic mass is 79.9. The van der Waals surface area contributed by atoms with Crippen LogP contribution in [0.4, 0.5) is 10.5 Å². The van der Waals surface area contributed by atoms with Crippen LogP contribution in [-0.2, 0) is 4.74 Å². The molecule has 0 heterocycles. The third-order valence-electron chi connectivity index (χ3n) is 4.86. The average molecular weight is 334 g/mol. The molecule has 2 atom stereocenters. The molecule has 104 valence electrons. The summed E-state index contributed by atoms with van der Waals surface area (Å²) in [6.07, 6.45) is 6.20. The number of halogens is 1. The van der Waals surface area contributed by atoms with Gasteiger partial charge in [0.1, 0.15) is 5.60 Å². The molecular weight excluding hydrogens is 318 g/mol. The van der Waals surface area contributed by atoms with Crippen LogP contribution in [0.15, 0.2) is 40.4 Å². The van der Waals surface area contributed by atoms with E-state index in [9.17, 15) is 4.79 Å². The van der Waals surface area contributed by atoms with Crippen LogP contribution in [0.2, 0.25) is 0 Å². The van der Waals surface area contributed by atoms with E-state index < -0.39 is 0 Å². The van der Waals surface area contributed by atoms with Gasteiger partial charge in [0.2, 0.25) is 0 Å². The van der Waals surface area contributed by atoms with E-state index >= 15 is 0 Å². The molecule has 5 aliphatic rings. The van der Waals surface area contributed by atoms with E-state index in [1.54, 1.807) is 5.57 Å². The second kappa shape index (κ2) is 4.35. The molecule has 6 rings (SSSR count). The van der Waals surface area contributed by atoms with Gasteiger partial charge in [-0.2, -0.15) is 0 Å². The summed E-state index contributed by atoms with van der Waals surface area (Å²) >= 11 is 3.38. The number of hydrogen-bond donors (Lipinski definition) is 1. The minimum atomic E-state index is -0.328. The quantitative estimate of drug-likeness (QED) is 0.809. The molecule has 1 N–H and O–H groups in total. The van der Waals surface area contributed by atoms with Crippen LogP contribution in [-0.4, -0.2) is 11.7 Å². The molecule has 3 saturated carbocycles. The molecule has 2 unspecified atom stereocenters. The Labute approximate surface area is 126 Å². The molecule has 4 bridgehead atoms. The lowest BCUT2D eigenvalue weighted by Gasteiger charge is -2.56. The number of amides is 1. The fourth-order valence-electron chi connectivity index (χ4n) is 3.97. The molecule has 20 heavy (non-hydrogen) atoms. The smallest absolute Gasteiger partial charge is 0.412 e. The topological polar surface area (TPSA) is 38.3 Å². The number of carbonyl (C=O) groups excluding carboxylic acids is 1. The molecule has 1 amide bonds. The van der Waals surface area contributed by atoms with Crippen molar-refractivity contribution in [3.8, 4) is 0 Å². The predicted octanol–water partition coefficient (Wildman–Crippen LogP) is 4.50. The van der Waals surface area contributed by atoms with E-state index in [1.807, 2.05) is 24.3 Å². The van der Waals surface area contributed by atoms with Crippen LogP contribution < -0.4 is 5.32 Å². The molecule has 5 aliphatic carbocycles. The molecule has 0 aliphatic heterocycles. The van der Waals surface area contributed by atoms with Gasteiger partial charge in [-0.15, -0.1) is 0 Å². The summed E-state index contributed by atoms with van der Waals surface area (Å²) in [4.78, 5) is 12.1. The molecule has 4 heteroatoms. The first kappa shape index (κ1) is 12.5. The maximum Gasteiger partial charge on any atom is 0.412 e. The van der Waals surface area contributed by atoms with Crippen molar-refractivity contribution >= 4 is 27.7 Å². The van der Waals surface area contributed by atoms with Gasteiger partial charge < -0.3 is 4.74 Å². The SMILES string of the molecule is O=C(Nc1ccc(Br)cc1)OC12CC=C3C(CC3C1)C2. The summed E-state index contributed by atoms with van der Waals surface area (Å²) in [6, 6.07) is 7.53. The summed E-state index contributed by atoms with van der Waals surface area (Å²) < 4.78 is 6.79. The number of anilines is 1. The molecule has 3 nitrogen and oxygen atoms in total. The van der Waals surface area contributed by atoms with E-state index in [1.165, 1.54) is 6.42 Å². The van der Waals surface area contributed by atoms with Crippen molar-refractivity contribution in [2.45, 2.75) is 31.3 Å². The van der Waals surface area contributed by atoms with Crippen molar-refractivity contribution in [2.75, 3.05) is 5.32 Å². The largest absolute Gasteiger partial charge is 0.442 e. The van der Waals surface area contributed by atoms with Gasteiger partial charge in [-0.25, -0.2) is 4.79 Å². The number of fused-ring (bicyclic) bond motifs is 1. The highest BCUT2D eigenvalue weighted by Crippen LogP contribution is 2.59. The highest BCUT2D eigenvalue weighted by molar-refractivity contribution is 9.10. The van der Waals surface area contributed by atoms with Crippen LogP contribution in [0, 0.1) is 11.8 Å². The molecule has 0 saturated heterocycles.